The van der Waals surface area contributed by atoms with E-state index in [4.69, 9.17) is 11.6 Å². The van der Waals surface area contributed by atoms with E-state index in [0.29, 0.717) is 33.8 Å². The van der Waals surface area contributed by atoms with Gasteiger partial charge in [-0.3, -0.25) is 9.59 Å². The number of imide groups is 1. The van der Waals surface area contributed by atoms with Crippen LogP contribution in [0, 0.1) is 25.7 Å². The lowest BCUT2D eigenvalue weighted by atomic mass is 9.90. The summed E-state index contributed by atoms with van der Waals surface area (Å²) in [6, 6.07) is 12.9. The van der Waals surface area contributed by atoms with Crippen molar-refractivity contribution in [2.45, 2.75) is 34.1 Å². The lowest BCUT2D eigenvalue weighted by Gasteiger charge is -2.37. The van der Waals surface area contributed by atoms with E-state index in [-0.39, 0.29) is 11.8 Å². The third-order valence-corrected chi connectivity index (χ3v) is 6.20. The molecule has 2 unspecified atom stereocenters. The van der Waals surface area contributed by atoms with Gasteiger partial charge in [-0.15, -0.1) is 0 Å². The zero-order valence-corrected chi connectivity index (χ0v) is 18.7. The molecular weight excluding hydrogens is 396 g/mol. The van der Waals surface area contributed by atoms with Gasteiger partial charge in [-0.1, -0.05) is 55.3 Å². The third kappa shape index (κ3) is 3.65. The highest BCUT2D eigenvalue weighted by Gasteiger charge is 2.44. The fraction of sp³-hybridized carbons (Fsp3) is 0.360. The SMILES string of the molecule is Cc1ccc(C2=C(N3CC(C)CC(C)C3)C(=O)N(c3cccc(Cl)c3)C2=O)c(C)c1. The first-order chi connectivity index (χ1) is 14.3. The van der Waals surface area contributed by atoms with Crippen LogP contribution in [-0.2, 0) is 9.59 Å². The van der Waals surface area contributed by atoms with Gasteiger partial charge >= 0.3 is 0 Å². The molecule has 4 nitrogen and oxygen atoms in total. The Morgan fingerprint density at radius 2 is 1.63 bits per heavy atom. The van der Waals surface area contributed by atoms with Crippen molar-refractivity contribution in [3.63, 3.8) is 0 Å². The van der Waals surface area contributed by atoms with Crippen molar-refractivity contribution >= 4 is 34.7 Å². The summed E-state index contributed by atoms with van der Waals surface area (Å²) in [5, 5.41) is 0.495. The van der Waals surface area contributed by atoms with E-state index in [0.717, 1.165) is 36.2 Å². The highest BCUT2D eigenvalue weighted by Crippen LogP contribution is 2.38. The molecule has 0 aliphatic carbocycles. The summed E-state index contributed by atoms with van der Waals surface area (Å²) in [5.41, 5.74) is 4.47. The number of likely N-dealkylation sites (tertiary alicyclic amines) is 1. The van der Waals surface area contributed by atoms with E-state index in [9.17, 15) is 9.59 Å². The molecule has 0 spiro atoms. The molecule has 156 valence electrons. The van der Waals surface area contributed by atoms with E-state index in [1.165, 1.54) is 4.90 Å². The fourth-order valence-corrected chi connectivity index (χ4v) is 5.03. The number of halogens is 1. The maximum atomic E-state index is 13.7. The Labute approximate surface area is 183 Å². The first-order valence-electron chi connectivity index (χ1n) is 10.5. The number of amides is 2. The minimum absolute atomic E-state index is 0.265. The Bertz CT molecular complexity index is 1050. The predicted octanol–water partition coefficient (Wildman–Crippen LogP) is 5.22. The second-order valence-corrected chi connectivity index (χ2v) is 9.26. The molecule has 30 heavy (non-hydrogen) atoms. The van der Waals surface area contributed by atoms with Crippen LogP contribution in [0.2, 0.25) is 5.02 Å². The standard InChI is InChI=1S/C25H27ClN2O2/c1-15-8-9-21(18(4)11-15)22-23(27-13-16(2)10-17(3)14-27)25(30)28(24(22)29)20-7-5-6-19(26)12-20/h5-9,11-12,16-17H,10,13-14H2,1-4H3. The van der Waals surface area contributed by atoms with Crippen LogP contribution in [0.1, 0.15) is 37.0 Å². The third-order valence-electron chi connectivity index (χ3n) is 5.96. The molecule has 5 heteroatoms. The van der Waals surface area contributed by atoms with E-state index < -0.39 is 0 Å². The van der Waals surface area contributed by atoms with E-state index >= 15 is 0 Å². The van der Waals surface area contributed by atoms with Gasteiger partial charge in [0.1, 0.15) is 5.70 Å². The predicted molar refractivity (Wildman–Crippen MR) is 121 cm³/mol. The Hall–Kier alpha value is -2.59. The number of rotatable bonds is 3. The molecule has 0 aromatic heterocycles. The Balaban J connectivity index is 1.88. The molecule has 4 rings (SSSR count). The van der Waals surface area contributed by atoms with Crippen molar-refractivity contribution in [1.29, 1.82) is 0 Å². The van der Waals surface area contributed by atoms with Crippen molar-refractivity contribution in [3.8, 4) is 0 Å². The van der Waals surface area contributed by atoms with E-state index in [2.05, 4.69) is 24.8 Å². The molecule has 2 aromatic carbocycles. The minimum Gasteiger partial charge on any atom is -0.366 e. The van der Waals surface area contributed by atoms with Crippen molar-refractivity contribution in [2.24, 2.45) is 11.8 Å². The highest BCUT2D eigenvalue weighted by atomic mass is 35.5. The number of piperidine rings is 1. The average molecular weight is 423 g/mol. The lowest BCUT2D eigenvalue weighted by Crippen LogP contribution is -2.42. The summed E-state index contributed by atoms with van der Waals surface area (Å²) in [5.74, 6) is 0.378. The van der Waals surface area contributed by atoms with Gasteiger partial charge in [0.15, 0.2) is 0 Å². The fourth-order valence-electron chi connectivity index (χ4n) is 4.84. The normalized spacial score (nSPS) is 22.3. The molecule has 1 fully saturated rings. The molecule has 2 amide bonds. The van der Waals surface area contributed by atoms with Crippen LogP contribution in [0.3, 0.4) is 0 Å². The summed E-state index contributed by atoms with van der Waals surface area (Å²) in [7, 11) is 0. The maximum Gasteiger partial charge on any atom is 0.282 e. The largest absolute Gasteiger partial charge is 0.366 e. The number of carbonyl (C=O) groups excluding carboxylic acids is 2. The molecule has 1 saturated heterocycles. The molecule has 2 heterocycles. The van der Waals surface area contributed by atoms with Crippen molar-refractivity contribution in [1.82, 2.24) is 4.90 Å². The number of anilines is 1. The zero-order valence-electron chi connectivity index (χ0n) is 17.9. The van der Waals surface area contributed by atoms with Gasteiger partial charge in [0.2, 0.25) is 0 Å². The Morgan fingerprint density at radius 1 is 0.933 bits per heavy atom. The van der Waals surface area contributed by atoms with E-state index in [1.807, 2.05) is 26.0 Å². The molecule has 2 aliphatic heterocycles. The van der Waals surface area contributed by atoms with Gasteiger partial charge in [-0.2, -0.15) is 0 Å². The van der Waals surface area contributed by atoms with Gasteiger partial charge in [-0.25, -0.2) is 4.90 Å². The smallest absolute Gasteiger partial charge is 0.282 e. The summed E-state index contributed by atoms with van der Waals surface area (Å²) < 4.78 is 0. The van der Waals surface area contributed by atoms with Crippen LogP contribution in [0.5, 0.6) is 0 Å². The number of hydrogen-bond acceptors (Lipinski definition) is 3. The van der Waals surface area contributed by atoms with Gasteiger partial charge in [0, 0.05) is 18.1 Å². The van der Waals surface area contributed by atoms with E-state index in [1.54, 1.807) is 24.3 Å². The van der Waals surface area contributed by atoms with Crippen LogP contribution < -0.4 is 4.90 Å². The Kier molecular flexibility index (Phi) is 5.46. The number of carbonyl (C=O) groups is 2. The maximum absolute atomic E-state index is 13.7. The number of nitrogens with zero attached hydrogens (tertiary/aromatic N) is 2. The number of aryl methyl sites for hydroxylation is 2. The second-order valence-electron chi connectivity index (χ2n) is 8.82. The molecule has 2 aliphatic rings. The van der Waals surface area contributed by atoms with Crippen molar-refractivity contribution < 1.29 is 9.59 Å². The van der Waals surface area contributed by atoms with Gasteiger partial charge in [0.25, 0.3) is 11.8 Å². The zero-order chi connectivity index (χ0) is 21.6. The van der Waals surface area contributed by atoms with Crippen LogP contribution in [0.25, 0.3) is 5.57 Å². The number of benzene rings is 2. The minimum atomic E-state index is -0.282. The second kappa shape index (κ2) is 7.92. The van der Waals surface area contributed by atoms with Crippen molar-refractivity contribution in [2.75, 3.05) is 18.0 Å². The average Bonchev–Trinajstić information content (AvgIpc) is 2.91. The molecule has 0 saturated carbocycles. The molecular formula is C25H27ClN2O2. The summed E-state index contributed by atoms with van der Waals surface area (Å²) in [4.78, 5) is 30.7. The molecule has 2 atom stereocenters. The topological polar surface area (TPSA) is 40.6 Å². The molecule has 0 bridgehead atoms. The van der Waals surface area contributed by atoms with Crippen LogP contribution in [0.4, 0.5) is 5.69 Å². The molecule has 0 N–H and O–H groups in total. The first-order valence-corrected chi connectivity index (χ1v) is 10.8. The van der Waals surface area contributed by atoms with Gasteiger partial charge in [0.05, 0.1) is 11.3 Å². The van der Waals surface area contributed by atoms with Crippen molar-refractivity contribution in [3.05, 3.63) is 69.9 Å². The lowest BCUT2D eigenvalue weighted by molar-refractivity contribution is -0.120. The highest BCUT2D eigenvalue weighted by molar-refractivity contribution is 6.45. The monoisotopic (exact) mass is 422 g/mol. The van der Waals surface area contributed by atoms with Gasteiger partial charge in [-0.05, 0) is 61.4 Å². The van der Waals surface area contributed by atoms with Crippen LogP contribution >= 0.6 is 11.6 Å². The summed E-state index contributed by atoms with van der Waals surface area (Å²) in [6.45, 7) is 9.98. The van der Waals surface area contributed by atoms with Crippen LogP contribution in [0.15, 0.2) is 48.2 Å². The van der Waals surface area contributed by atoms with Gasteiger partial charge < -0.3 is 4.90 Å². The molecule has 0 radical (unpaired) electrons. The quantitative estimate of drug-likeness (QED) is 0.637. The number of hydrogen-bond donors (Lipinski definition) is 0. The summed E-state index contributed by atoms with van der Waals surface area (Å²) in [6.07, 6.45) is 1.13. The van der Waals surface area contributed by atoms with Crippen LogP contribution in [-0.4, -0.2) is 29.8 Å². The first kappa shape index (κ1) is 20.7. The molecule has 2 aromatic rings. The summed E-state index contributed by atoms with van der Waals surface area (Å²) >= 11 is 6.16. The Morgan fingerprint density at radius 3 is 2.27 bits per heavy atom.